The van der Waals surface area contributed by atoms with Gasteiger partial charge in [0.05, 0.1) is 0 Å². The molecule has 3 nitrogen and oxygen atoms in total. The molecule has 1 fully saturated rings. The van der Waals surface area contributed by atoms with Gasteiger partial charge in [-0.15, -0.1) is 0 Å². The summed E-state index contributed by atoms with van der Waals surface area (Å²) in [7, 11) is 0. The molecule has 3 heteroatoms. The maximum Gasteiger partial charge on any atom is 0.119 e. The fourth-order valence-corrected chi connectivity index (χ4v) is 2.14. The second-order valence-electron chi connectivity index (χ2n) is 4.79. The van der Waals surface area contributed by atoms with Gasteiger partial charge in [-0.2, -0.15) is 0 Å². The van der Waals surface area contributed by atoms with Gasteiger partial charge >= 0.3 is 0 Å². The molecule has 1 aromatic rings. The predicted molar refractivity (Wildman–Crippen MR) is 68.4 cm³/mol. The van der Waals surface area contributed by atoms with E-state index in [1.165, 1.54) is 18.4 Å². The summed E-state index contributed by atoms with van der Waals surface area (Å²) in [6.07, 6.45) is 2.12. The van der Waals surface area contributed by atoms with E-state index >= 15 is 0 Å². The van der Waals surface area contributed by atoms with E-state index in [1.54, 1.807) is 0 Å². The maximum absolute atomic E-state index is 9.86. The summed E-state index contributed by atoms with van der Waals surface area (Å²) in [5.41, 5.74) is 1.22. The highest BCUT2D eigenvalue weighted by Gasteiger charge is 2.15. The van der Waals surface area contributed by atoms with Gasteiger partial charge in [0, 0.05) is 6.54 Å². The Hall–Kier alpha value is -1.06. The number of aliphatic hydroxyl groups excluding tert-OH is 1. The van der Waals surface area contributed by atoms with Gasteiger partial charge in [0.2, 0.25) is 0 Å². The number of β-amino-alcohol motifs (C(OH)–C–C–N with tert-alkyl or cyclic N) is 1. The number of hydrogen-bond donors (Lipinski definition) is 1. The van der Waals surface area contributed by atoms with Crippen LogP contribution < -0.4 is 4.74 Å². The Bertz CT molecular complexity index is 331. The first-order valence-corrected chi connectivity index (χ1v) is 6.34. The second-order valence-corrected chi connectivity index (χ2v) is 4.79. The molecule has 1 atom stereocenters. The van der Waals surface area contributed by atoms with Crippen molar-refractivity contribution in [1.29, 1.82) is 0 Å². The van der Waals surface area contributed by atoms with Crippen LogP contribution in [-0.2, 0) is 0 Å². The topological polar surface area (TPSA) is 32.7 Å². The molecule has 0 bridgehead atoms. The van der Waals surface area contributed by atoms with Gasteiger partial charge in [-0.1, -0.05) is 17.7 Å². The fourth-order valence-electron chi connectivity index (χ4n) is 2.14. The van der Waals surface area contributed by atoms with E-state index in [1.807, 2.05) is 31.2 Å². The highest BCUT2D eigenvalue weighted by atomic mass is 16.5. The van der Waals surface area contributed by atoms with Crippen molar-refractivity contribution in [2.24, 2.45) is 0 Å². The number of aryl methyl sites for hydroxylation is 1. The van der Waals surface area contributed by atoms with Crippen LogP contribution >= 0.6 is 0 Å². The van der Waals surface area contributed by atoms with Gasteiger partial charge in [0.25, 0.3) is 0 Å². The molecule has 17 heavy (non-hydrogen) atoms. The lowest BCUT2D eigenvalue weighted by Gasteiger charge is -2.19. The van der Waals surface area contributed by atoms with Crippen LogP contribution in [0.15, 0.2) is 24.3 Å². The van der Waals surface area contributed by atoms with Crippen LogP contribution in [0.3, 0.4) is 0 Å². The van der Waals surface area contributed by atoms with E-state index in [-0.39, 0.29) is 0 Å². The third-order valence-electron chi connectivity index (χ3n) is 3.13. The highest BCUT2D eigenvalue weighted by molar-refractivity contribution is 5.26. The van der Waals surface area contributed by atoms with Crippen LogP contribution in [-0.4, -0.2) is 42.4 Å². The number of rotatable bonds is 5. The van der Waals surface area contributed by atoms with Crippen LogP contribution in [0.1, 0.15) is 18.4 Å². The molecule has 2 rings (SSSR count). The zero-order chi connectivity index (χ0) is 12.1. The minimum atomic E-state index is -0.394. The van der Waals surface area contributed by atoms with Crippen molar-refractivity contribution in [3.63, 3.8) is 0 Å². The van der Waals surface area contributed by atoms with Crippen molar-refractivity contribution >= 4 is 0 Å². The Kier molecular flexibility index (Phi) is 4.40. The molecule has 0 spiro atoms. The Morgan fingerprint density at radius 1 is 1.24 bits per heavy atom. The van der Waals surface area contributed by atoms with Gasteiger partial charge in [-0.25, -0.2) is 0 Å². The Morgan fingerprint density at radius 3 is 2.53 bits per heavy atom. The third kappa shape index (κ3) is 4.02. The quantitative estimate of drug-likeness (QED) is 0.845. The fraction of sp³-hybridized carbons (Fsp3) is 0.571. The summed E-state index contributed by atoms with van der Waals surface area (Å²) < 4.78 is 5.56. The number of likely N-dealkylation sites (tertiary alicyclic amines) is 1. The average Bonchev–Trinajstić information content (AvgIpc) is 2.81. The molecule has 1 N–H and O–H groups in total. The first-order chi connectivity index (χ1) is 8.24. The molecule has 0 radical (unpaired) electrons. The summed E-state index contributed by atoms with van der Waals surface area (Å²) in [5, 5.41) is 9.86. The predicted octanol–water partition coefficient (Wildman–Crippen LogP) is 1.83. The van der Waals surface area contributed by atoms with Crippen molar-refractivity contribution in [1.82, 2.24) is 4.90 Å². The molecule has 1 saturated heterocycles. The zero-order valence-corrected chi connectivity index (χ0v) is 10.4. The van der Waals surface area contributed by atoms with Gasteiger partial charge in [-0.05, 0) is 45.0 Å². The van der Waals surface area contributed by atoms with Gasteiger partial charge in [0.1, 0.15) is 18.5 Å². The molecule has 1 heterocycles. The van der Waals surface area contributed by atoms with Crippen LogP contribution in [0.2, 0.25) is 0 Å². The number of hydrogen-bond acceptors (Lipinski definition) is 3. The molecular weight excluding hydrogens is 214 g/mol. The SMILES string of the molecule is Cc1ccc(OC[C@H](O)CN2CCCC2)cc1. The van der Waals surface area contributed by atoms with Crippen LogP contribution in [0.4, 0.5) is 0 Å². The van der Waals surface area contributed by atoms with E-state index in [9.17, 15) is 5.11 Å². The standard InChI is InChI=1S/C14H21NO2/c1-12-4-6-14(7-5-12)17-11-13(16)10-15-8-2-3-9-15/h4-7,13,16H,2-3,8-11H2,1H3/t13-/m1/s1. The largest absolute Gasteiger partial charge is 0.491 e. The summed E-state index contributed by atoms with van der Waals surface area (Å²) in [4.78, 5) is 2.29. The Balaban J connectivity index is 1.71. The number of benzene rings is 1. The van der Waals surface area contributed by atoms with Crippen molar-refractivity contribution in [2.75, 3.05) is 26.2 Å². The lowest BCUT2D eigenvalue weighted by atomic mass is 10.2. The van der Waals surface area contributed by atoms with Gasteiger partial charge < -0.3 is 14.7 Å². The summed E-state index contributed by atoms with van der Waals surface area (Å²) in [6, 6.07) is 7.92. The third-order valence-corrected chi connectivity index (χ3v) is 3.13. The van der Waals surface area contributed by atoms with Crippen LogP contribution in [0.25, 0.3) is 0 Å². The highest BCUT2D eigenvalue weighted by Crippen LogP contribution is 2.12. The minimum absolute atomic E-state index is 0.375. The van der Waals surface area contributed by atoms with Crippen LogP contribution in [0, 0.1) is 6.92 Å². The van der Waals surface area contributed by atoms with Crippen molar-refractivity contribution in [3.05, 3.63) is 29.8 Å². The summed E-state index contributed by atoms with van der Waals surface area (Å²) in [5.74, 6) is 0.830. The molecule has 0 saturated carbocycles. The average molecular weight is 235 g/mol. The number of nitrogens with zero attached hydrogens (tertiary/aromatic N) is 1. The monoisotopic (exact) mass is 235 g/mol. The molecule has 0 unspecified atom stereocenters. The van der Waals surface area contributed by atoms with E-state index in [4.69, 9.17) is 4.74 Å². The van der Waals surface area contributed by atoms with Gasteiger partial charge in [0.15, 0.2) is 0 Å². The smallest absolute Gasteiger partial charge is 0.119 e. The molecule has 0 aromatic heterocycles. The Labute approximate surface area is 103 Å². The molecule has 0 amide bonds. The lowest BCUT2D eigenvalue weighted by Crippen LogP contribution is -2.33. The molecule has 94 valence electrons. The first-order valence-electron chi connectivity index (χ1n) is 6.34. The molecule has 1 aromatic carbocycles. The van der Waals surface area contributed by atoms with Crippen LogP contribution in [0.5, 0.6) is 5.75 Å². The van der Waals surface area contributed by atoms with E-state index in [0.29, 0.717) is 6.61 Å². The van der Waals surface area contributed by atoms with E-state index < -0.39 is 6.10 Å². The molecule has 1 aliphatic rings. The maximum atomic E-state index is 9.86. The first kappa shape index (κ1) is 12.4. The van der Waals surface area contributed by atoms with Crippen molar-refractivity contribution in [2.45, 2.75) is 25.9 Å². The van der Waals surface area contributed by atoms with E-state index in [2.05, 4.69) is 4.90 Å². The number of ether oxygens (including phenoxy) is 1. The normalized spacial score (nSPS) is 18.2. The second kappa shape index (κ2) is 6.03. The minimum Gasteiger partial charge on any atom is -0.491 e. The zero-order valence-electron chi connectivity index (χ0n) is 10.4. The number of aliphatic hydroxyl groups is 1. The van der Waals surface area contributed by atoms with E-state index in [0.717, 1.165) is 25.4 Å². The van der Waals surface area contributed by atoms with Crippen molar-refractivity contribution < 1.29 is 9.84 Å². The summed E-state index contributed by atoms with van der Waals surface area (Å²) in [6.45, 7) is 5.38. The molecular formula is C14H21NO2. The molecule has 0 aliphatic carbocycles. The lowest BCUT2D eigenvalue weighted by molar-refractivity contribution is 0.0758. The summed E-state index contributed by atoms with van der Waals surface area (Å²) >= 11 is 0. The Morgan fingerprint density at radius 2 is 1.88 bits per heavy atom. The van der Waals surface area contributed by atoms with Gasteiger partial charge in [-0.3, -0.25) is 0 Å². The van der Waals surface area contributed by atoms with Crippen molar-refractivity contribution in [3.8, 4) is 5.75 Å². The molecule has 1 aliphatic heterocycles.